The molecule has 0 radical (unpaired) electrons. The fraction of sp³-hybridized carbons (Fsp3) is 0.519. The summed E-state index contributed by atoms with van der Waals surface area (Å²) in [4.78, 5) is 32.0. The number of rotatable bonds is 8. The third-order valence-electron chi connectivity index (χ3n) is 6.51. The van der Waals surface area contributed by atoms with Crippen LogP contribution in [0.5, 0.6) is 0 Å². The third-order valence-corrected chi connectivity index (χ3v) is 6.51. The predicted molar refractivity (Wildman–Crippen MR) is 136 cm³/mol. The summed E-state index contributed by atoms with van der Waals surface area (Å²) >= 11 is 0. The number of benzene rings is 1. The van der Waals surface area contributed by atoms with Gasteiger partial charge in [0.05, 0.1) is 6.42 Å². The van der Waals surface area contributed by atoms with Crippen LogP contribution >= 0.6 is 0 Å². The zero-order valence-electron chi connectivity index (χ0n) is 21.0. The Morgan fingerprint density at radius 1 is 1.06 bits per heavy atom. The highest BCUT2D eigenvalue weighted by Crippen LogP contribution is 2.35. The van der Waals surface area contributed by atoms with Crippen LogP contribution in [0.2, 0.25) is 0 Å². The summed E-state index contributed by atoms with van der Waals surface area (Å²) in [5.41, 5.74) is 24.5. The van der Waals surface area contributed by atoms with E-state index in [1.54, 1.807) is 4.90 Å². The van der Waals surface area contributed by atoms with E-state index in [1.807, 2.05) is 24.3 Å². The van der Waals surface area contributed by atoms with Gasteiger partial charge < -0.3 is 22.1 Å². The van der Waals surface area contributed by atoms with Gasteiger partial charge in [-0.3, -0.25) is 14.6 Å². The Kier molecular flexibility index (Phi) is 8.10. The monoisotopic (exact) mass is 465 g/mol. The van der Waals surface area contributed by atoms with Crippen LogP contribution in [-0.4, -0.2) is 34.3 Å². The van der Waals surface area contributed by atoms with Crippen molar-refractivity contribution in [3.63, 3.8) is 0 Å². The number of hydrogen-bond acceptors (Lipinski definition) is 5. The second kappa shape index (κ2) is 10.7. The molecule has 184 valence electrons. The smallest absolute Gasteiger partial charge is 0.240 e. The Labute approximate surface area is 203 Å². The van der Waals surface area contributed by atoms with Crippen LogP contribution in [0.25, 0.3) is 11.1 Å². The summed E-state index contributed by atoms with van der Waals surface area (Å²) < 4.78 is 0. The number of hydrogen-bond donors (Lipinski definition) is 3. The molecule has 1 atom stereocenters. The van der Waals surface area contributed by atoms with E-state index >= 15 is 0 Å². The maximum Gasteiger partial charge on any atom is 0.240 e. The lowest BCUT2D eigenvalue weighted by Gasteiger charge is -2.27. The van der Waals surface area contributed by atoms with E-state index < -0.39 is 11.9 Å². The first-order chi connectivity index (χ1) is 16.1. The molecule has 0 spiro atoms. The zero-order valence-corrected chi connectivity index (χ0v) is 21.0. The molecule has 1 aliphatic rings. The molecular formula is C27H39N5O2. The fourth-order valence-electron chi connectivity index (χ4n) is 4.89. The predicted octanol–water partition coefficient (Wildman–Crippen LogP) is 2.84. The van der Waals surface area contributed by atoms with Gasteiger partial charge >= 0.3 is 0 Å². The first-order valence-electron chi connectivity index (χ1n) is 12.2. The third kappa shape index (κ3) is 5.65. The molecule has 7 nitrogen and oxygen atoms in total. The molecule has 7 heteroatoms. The van der Waals surface area contributed by atoms with Gasteiger partial charge in [-0.1, -0.05) is 52.0 Å². The molecule has 1 aliphatic heterocycles. The standard InChI is InChI=1S/C27H39N5O2/c1-5-21-19(13-24(33)32-12-6-7-23(32)26(30)34)25(18-10-8-17(15-28)9-11-18)20(16-29)22(31-21)14-27(2,3)4/h8-11,23H,5-7,12-16,28-29H2,1-4H3,(H2,30,34)/t23-/m0/s1. The average molecular weight is 466 g/mol. The Morgan fingerprint density at radius 3 is 2.26 bits per heavy atom. The van der Waals surface area contributed by atoms with Gasteiger partial charge in [-0.2, -0.15) is 0 Å². The second-order valence-corrected chi connectivity index (χ2v) is 10.4. The number of carbonyl (C=O) groups is 2. The van der Waals surface area contributed by atoms with E-state index in [9.17, 15) is 9.59 Å². The van der Waals surface area contributed by atoms with Gasteiger partial charge in [-0.15, -0.1) is 0 Å². The molecule has 34 heavy (non-hydrogen) atoms. The van der Waals surface area contributed by atoms with Crippen molar-refractivity contribution >= 4 is 11.8 Å². The number of primary amides is 1. The van der Waals surface area contributed by atoms with Gasteiger partial charge in [0.15, 0.2) is 0 Å². The van der Waals surface area contributed by atoms with Crippen molar-refractivity contribution in [3.05, 3.63) is 52.3 Å². The minimum Gasteiger partial charge on any atom is -0.368 e. The maximum atomic E-state index is 13.4. The quantitative estimate of drug-likeness (QED) is 0.552. The van der Waals surface area contributed by atoms with Crippen LogP contribution in [0.15, 0.2) is 24.3 Å². The molecule has 1 saturated heterocycles. The van der Waals surface area contributed by atoms with E-state index in [0.29, 0.717) is 32.5 Å². The van der Waals surface area contributed by atoms with Gasteiger partial charge in [-0.05, 0) is 58.9 Å². The summed E-state index contributed by atoms with van der Waals surface area (Å²) in [6.45, 7) is 9.95. The fourth-order valence-corrected chi connectivity index (χ4v) is 4.89. The summed E-state index contributed by atoms with van der Waals surface area (Å²) in [6.07, 6.45) is 3.04. The molecule has 2 heterocycles. The molecule has 0 aliphatic carbocycles. The van der Waals surface area contributed by atoms with Crippen LogP contribution < -0.4 is 17.2 Å². The largest absolute Gasteiger partial charge is 0.368 e. The highest BCUT2D eigenvalue weighted by molar-refractivity contribution is 5.89. The molecule has 2 aromatic rings. The van der Waals surface area contributed by atoms with Crippen LogP contribution in [0, 0.1) is 5.41 Å². The first kappa shape index (κ1) is 25.8. The summed E-state index contributed by atoms with van der Waals surface area (Å²) in [5, 5.41) is 0. The molecule has 6 N–H and O–H groups in total. The van der Waals surface area contributed by atoms with Gasteiger partial charge in [-0.25, -0.2) is 0 Å². The number of pyridine rings is 1. The highest BCUT2D eigenvalue weighted by atomic mass is 16.2. The number of amides is 2. The number of nitrogens with zero attached hydrogens (tertiary/aromatic N) is 2. The van der Waals surface area contributed by atoms with Crippen molar-refractivity contribution in [1.82, 2.24) is 9.88 Å². The molecule has 2 amide bonds. The Hall–Kier alpha value is -2.77. The molecule has 1 fully saturated rings. The van der Waals surface area contributed by atoms with Crippen LogP contribution in [0.3, 0.4) is 0 Å². The van der Waals surface area contributed by atoms with E-state index in [4.69, 9.17) is 22.2 Å². The molecule has 1 aromatic carbocycles. The highest BCUT2D eigenvalue weighted by Gasteiger charge is 2.34. The average Bonchev–Trinajstić information content (AvgIpc) is 3.29. The Balaban J connectivity index is 2.18. The van der Waals surface area contributed by atoms with Crippen LogP contribution in [0.4, 0.5) is 0 Å². The van der Waals surface area contributed by atoms with Crippen molar-refractivity contribution in [1.29, 1.82) is 0 Å². The Morgan fingerprint density at radius 2 is 1.74 bits per heavy atom. The molecule has 1 aromatic heterocycles. The molecule has 0 unspecified atom stereocenters. The van der Waals surface area contributed by atoms with Gasteiger partial charge in [0.2, 0.25) is 11.8 Å². The minimum absolute atomic E-state index is 0.0319. The topological polar surface area (TPSA) is 128 Å². The number of carbonyl (C=O) groups excluding carboxylic acids is 2. The molecule has 0 saturated carbocycles. The van der Waals surface area contributed by atoms with Crippen molar-refractivity contribution in [3.8, 4) is 11.1 Å². The van der Waals surface area contributed by atoms with Gasteiger partial charge in [0.25, 0.3) is 0 Å². The van der Waals surface area contributed by atoms with Crippen molar-refractivity contribution in [2.75, 3.05) is 6.54 Å². The molecular weight excluding hydrogens is 426 g/mol. The van der Waals surface area contributed by atoms with Gasteiger partial charge in [0, 0.05) is 31.0 Å². The van der Waals surface area contributed by atoms with Gasteiger partial charge in [0.1, 0.15) is 6.04 Å². The van der Waals surface area contributed by atoms with E-state index in [-0.39, 0.29) is 17.7 Å². The Bertz CT molecular complexity index is 1040. The van der Waals surface area contributed by atoms with Crippen molar-refractivity contribution in [2.45, 2.75) is 78.9 Å². The normalized spacial score (nSPS) is 16.2. The van der Waals surface area contributed by atoms with E-state index in [1.165, 1.54) is 0 Å². The lowest BCUT2D eigenvalue weighted by atomic mass is 9.84. The molecule has 3 rings (SSSR count). The summed E-state index contributed by atoms with van der Waals surface area (Å²) in [7, 11) is 0. The lowest BCUT2D eigenvalue weighted by molar-refractivity contribution is -0.136. The van der Waals surface area contributed by atoms with Crippen LogP contribution in [-0.2, 0) is 41.9 Å². The van der Waals surface area contributed by atoms with Crippen molar-refractivity contribution in [2.24, 2.45) is 22.6 Å². The zero-order chi connectivity index (χ0) is 25.0. The number of aromatic nitrogens is 1. The maximum absolute atomic E-state index is 13.4. The number of nitrogens with two attached hydrogens (primary N) is 3. The minimum atomic E-state index is -0.535. The van der Waals surface area contributed by atoms with E-state index in [2.05, 4.69) is 27.7 Å². The molecule has 0 bridgehead atoms. The second-order valence-electron chi connectivity index (χ2n) is 10.4. The number of likely N-dealkylation sites (tertiary alicyclic amines) is 1. The summed E-state index contributed by atoms with van der Waals surface area (Å²) in [6, 6.07) is 7.59. The first-order valence-corrected chi connectivity index (χ1v) is 12.2. The van der Waals surface area contributed by atoms with Crippen LogP contribution in [0.1, 0.15) is 68.6 Å². The number of aryl methyl sites for hydroxylation is 1. The SMILES string of the molecule is CCc1nc(CC(C)(C)C)c(CN)c(-c2ccc(CN)cc2)c1CC(=O)N1CCC[C@H]1C(N)=O. The summed E-state index contributed by atoms with van der Waals surface area (Å²) in [5.74, 6) is -0.537. The van der Waals surface area contributed by atoms with Crippen molar-refractivity contribution < 1.29 is 9.59 Å². The van der Waals surface area contributed by atoms with E-state index in [0.717, 1.165) is 52.0 Å². The lowest BCUT2D eigenvalue weighted by Crippen LogP contribution is -2.44.